The predicted molar refractivity (Wildman–Crippen MR) is 62.9 cm³/mol. The van der Waals surface area contributed by atoms with Crippen LogP contribution in [-0.2, 0) is 14.6 Å². The zero-order chi connectivity index (χ0) is 12.1. The van der Waals surface area contributed by atoms with E-state index in [1.807, 2.05) is 13.8 Å². The first kappa shape index (κ1) is 14.9. The number of methoxy groups -OCH3 is 1. The predicted octanol–water partition coefficient (Wildman–Crippen LogP) is 0.824. The highest BCUT2D eigenvalue weighted by Crippen LogP contribution is 2.03. The highest BCUT2D eigenvalue weighted by Gasteiger charge is 2.20. The lowest BCUT2D eigenvalue weighted by Crippen LogP contribution is -2.45. The zero-order valence-electron chi connectivity index (χ0n) is 10.3. The molecule has 0 unspecified atom stereocenters. The van der Waals surface area contributed by atoms with Crippen LogP contribution in [0, 0.1) is 0 Å². The van der Waals surface area contributed by atoms with Crippen LogP contribution >= 0.6 is 0 Å². The summed E-state index contributed by atoms with van der Waals surface area (Å²) in [6.45, 7) is 8.41. The molecule has 92 valence electrons. The summed E-state index contributed by atoms with van der Waals surface area (Å²) < 4.78 is 28.0. The minimum Gasteiger partial charge on any atom is -0.383 e. The Balaban J connectivity index is 4.00. The highest BCUT2D eigenvalue weighted by molar-refractivity contribution is 7.92. The molecule has 0 atom stereocenters. The molecular formula is C10H23NO3S. The third kappa shape index (κ3) is 6.12. The Hall–Kier alpha value is -0.130. The number of ether oxygens (including phenoxy) is 1. The molecule has 0 aromatic heterocycles. The van der Waals surface area contributed by atoms with Crippen LogP contribution in [-0.4, -0.2) is 45.2 Å². The maximum absolute atomic E-state index is 11.5. The van der Waals surface area contributed by atoms with E-state index in [4.69, 9.17) is 4.74 Å². The summed E-state index contributed by atoms with van der Waals surface area (Å²) in [4.78, 5) is 0. The van der Waals surface area contributed by atoms with E-state index in [0.29, 0.717) is 13.2 Å². The van der Waals surface area contributed by atoms with E-state index in [2.05, 4.69) is 5.32 Å². The highest BCUT2D eigenvalue weighted by atomic mass is 32.2. The Kier molecular flexibility index (Phi) is 5.77. The monoisotopic (exact) mass is 237 g/mol. The quantitative estimate of drug-likeness (QED) is 0.712. The summed E-state index contributed by atoms with van der Waals surface area (Å²) in [6, 6.07) is 0. The molecule has 0 fully saturated rings. The van der Waals surface area contributed by atoms with Crippen LogP contribution in [0.1, 0.15) is 27.7 Å². The number of rotatable bonds is 7. The van der Waals surface area contributed by atoms with Crippen molar-refractivity contribution in [2.75, 3.05) is 26.0 Å². The summed E-state index contributed by atoms with van der Waals surface area (Å²) in [7, 11) is -1.31. The number of nitrogens with one attached hydrogen (secondary N) is 1. The summed E-state index contributed by atoms with van der Waals surface area (Å²) in [5.74, 6) is 0.178. The van der Waals surface area contributed by atoms with Crippen molar-refractivity contribution in [1.82, 2.24) is 5.32 Å². The van der Waals surface area contributed by atoms with Gasteiger partial charge < -0.3 is 10.1 Å². The Labute approximate surface area is 93.3 Å². The molecule has 4 nitrogen and oxygen atoms in total. The smallest absolute Gasteiger partial charge is 0.153 e. The second-order valence-corrected chi connectivity index (χ2v) is 7.34. The second-order valence-electron chi connectivity index (χ2n) is 4.66. The van der Waals surface area contributed by atoms with Gasteiger partial charge in [-0.3, -0.25) is 0 Å². The van der Waals surface area contributed by atoms with Gasteiger partial charge in [0, 0.05) is 19.2 Å². The van der Waals surface area contributed by atoms with Crippen LogP contribution in [0.5, 0.6) is 0 Å². The van der Waals surface area contributed by atoms with Gasteiger partial charge in [0.25, 0.3) is 0 Å². The van der Waals surface area contributed by atoms with Crippen LogP contribution in [0.25, 0.3) is 0 Å². The molecule has 15 heavy (non-hydrogen) atoms. The van der Waals surface area contributed by atoms with E-state index in [0.717, 1.165) is 0 Å². The molecule has 0 bridgehead atoms. The molecule has 0 radical (unpaired) electrons. The van der Waals surface area contributed by atoms with Crippen LogP contribution < -0.4 is 5.32 Å². The van der Waals surface area contributed by atoms with Crippen molar-refractivity contribution >= 4 is 9.84 Å². The molecule has 0 heterocycles. The SMILES string of the molecule is COCC(C)(C)NCCS(=O)(=O)C(C)C. The van der Waals surface area contributed by atoms with Gasteiger partial charge in [-0.2, -0.15) is 0 Å². The molecular weight excluding hydrogens is 214 g/mol. The van der Waals surface area contributed by atoms with E-state index in [-0.39, 0.29) is 16.5 Å². The molecule has 0 saturated carbocycles. The number of hydrogen-bond donors (Lipinski definition) is 1. The fourth-order valence-electron chi connectivity index (χ4n) is 1.18. The molecule has 0 aromatic rings. The number of sulfone groups is 1. The molecule has 0 aromatic carbocycles. The first-order valence-electron chi connectivity index (χ1n) is 5.17. The zero-order valence-corrected chi connectivity index (χ0v) is 11.1. The van der Waals surface area contributed by atoms with Gasteiger partial charge in [-0.1, -0.05) is 0 Å². The molecule has 0 rings (SSSR count). The minimum atomic E-state index is -2.94. The maximum atomic E-state index is 11.5. The average Bonchev–Trinajstić information content (AvgIpc) is 2.02. The molecule has 5 heteroatoms. The van der Waals surface area contributed by atoms with Crippen LogP contribution in [0.3, 0.4) is 0 Å². The third-order valence-electron chi connectivity index (χ3n) is 2.21. The van der Waals surface area contributed by atoms with E-state index in [1.165, 1.54) is 0 Å². The standard InChI is InChI=1S/C10H23NO3S/c1-9(2)15(12,13)7-6-11-10(3,4)8-14-5/h9,11H,6-8H2,1-5H3. The van der Waals surface area contributed by atoms with Crippen LogP contribution in [0.15, 0.2) is 0 Å². The summed E-state index contributed by atoms with van der Waals surface area (Å²) in [5, 5.41) is 2.87. The Morgan fingerprint density at radius 1 is 1.33 bits per heavy atom. The van der Waals surface area contributed by atoms with E-state index >= 15 is 0 Å². The van der Waals surface area contributed by atoms with Crippen molar-refractivity contribution in [2.24, 2.45) is 0 Å². The third-order valence-corrected chi connectivity index (χ3v) is 4.42. The largest absolute Gasteiger partial charge is 0.383 e. The van der Waals surface area contributed by atoms with Crippen molar-refractivity contribution in [1.29, 1.82) is 0 Å². The fourth-order valence-corrected chi connectivity index (χ4v) is 2.04. The van der Waals surface area contributed by atoms with Crippen LogP contribution in [0.2, 0.25) is 0 Å². The summed E-state index contributed by atoms with van der Waals surface area (Å²) in [5.41, 5.74) is -0.179. The molecule has 0 aliphatic rings. The molecule has 0 saturated heterocycles. The van der Waals surface area contributed by atoms with Crippen molar-refractivity contribution in [3.05, 3.63) is 0 Å². The molecule has 1 N–H and O–H groups in total. The molecule has 0 spiro atoms. The van der Waals surface area contributed by atoms with E-state index in [9.17, 15) is 8.42 Å². The topological polar surface area (TPSA) is 55.4 Å². The van der Waals surface area contributed by atoms with Gasteiger partial charge >= 0.3 is 0 Å². The van der Waals surface area contributed by atoms with Crippen molar-refractivity contribution < 1.29 is 13.2 Å². The lowest BCUT2D eigenvalue weighted by molar-refractivity contribution is 0.130. The lowest BCUT2D eigenvalue weighted by Gasteiger charge is -2.25. The molecule has 0 aliphatic carbocycles. The summed E-state index contributed by atoms with van der Waals surface area (Å²) >= 11 is 0. The van der Waals surface area contributed by atoms with Gasteiger partial charge in [-0.15, -0.1) is 0 Å². The fraction of sp³-hybridized carbons (Fsp3) is 1.00. The lowest BCUT2D eigenvalue weighted by atomic mass is 10.1. The minimum absolute atomic E-state index is 0.178. The first-order valence-corrected chi connectivity index (χ1v) is 6.88. The van der Waals surface area contributed by atoms with Crippen LogP contribution in [0.4, 0.5) is 0 Å². The molecule has 0 amide bonds. The van der Waals surface area contributed by atoms with Gasteiger partial charge in [0.15, 0.2) is 9.84 Å². The van der Waals surface area contributed by atoms with Gasteiger partial charge in [0.1, 0.15) is 0 Å². The first-order chi connectivity index (χ1) is 6.71. The van der Waals surface area contributed by atoms with Gasteiger partial charge in [-0.05, 0) is 27.7 Å². The van der Waals surface area contributed by atoms with Gasteiger partial charge in [0.05, 0.1) is 17.6 Å². The van der Waals surface area contributed by atoms with Gasteiger partial charge in [-0.25, -0.2) is 8.42 Å². The number of hydrogen-bond acceptors (Lipinski definition) is 4. The van der Waals surface area contributed by atoms with E-state index in [1.54, 1.807) is 21.0 Å². The Morgan fingerprint density at radius 2 is 1.87 bits per heavy atom. The van der Waals surface area contributed by atoms with Gasteiger partial charge in [0.2, 0.25) is 0 Å². The Morgan fingerprint density at radius 3 is 2.27 bits per heavy atom. The van der Waals surface area contributed by atoms with E-state index < -0.39 is 9.84 Å². The Bertz CT molecular complexity index is 270. The maximum Gasteiger partial charge on any atom is 0.153 e. The second kappa shape index (κ2) is 5.82. The van der Waals surface area contributed by atoms with Crippen molar-refractivity contribution in [2.45, 2.75) is 38.5 Å². The summed E-state index contributed by atoms with van der Waals surface area (Å²) in [6.07, 6.45) is 0. The molecule has 0 aliphatic heterocycles. The normalized spacial score (nSPS) is 13.5. The average molecular weight is 237 g/mol. The van der Waals surface area contributed by atoms with Crippen molar-refractivity contribution in [3.8, 4) is 0 Å². The van der Waals surface area contributed by atoms with Crippen molar-refractivity contribution in [3.63, 3.8) is 0 Å².